The standard InChI is InChI=1S/C18H21N5OS3/c1-2-23-15(11-25-18-20-12-7-3-4-8-13(12)27-18)21-22-17(23)26-14-9-5-6-10-19-16(14)24/h3-4,7-8,14H,2,5-6,9-11H2,1H3,(H,19,24)/t14-/m0/s1. The Bertz CT molecular complexity index is 905. The zero-order chi connectivity index (χ0) is 18.6. The van der Waals surface area contributed by atoms with E-state index < -0.39 is 0 Å². The van der Waals surface area contributed by atoms with Crippen LogP contribution in [0.3, 0.4) is 0 Å². The molecule has 1 aliphatic heterocycles. The number of thioether (sulfide) groups is 2. The van der Waals surface area contributed by atoms with Crippen molar-refractivity contribution in [3.8, 4) is 0 Å². The maximum absolute atomic E-state index is 12.2. The number of rotatable bonds is 6. The lowest BCUT2D eigenvalue weighted by atomic mass is 10.2. The van der Waals surface area contributed by atoms with E-state index in [9.17, 15) is 4.79 Å². The molecular formula is C18H21N5OS3. The summed E-state index contributed by atoms with van der Waals surface area (Å²) in [5.41, 5.74) is 1.04. The molecule has 0 unspecified atom stereocenters. The molecule has 1 aromatic carbocycles. The van der Waals surface area contributed by atoms with Crippen molar-refractivity contribution in [1.29, 1.82) is 0 Å². The number of amides is 1. The summed E-state index contributed by atoms with van der Waals surface area (Å²) in [6.07, 6.45) is 3.01. The highest BCUT2D eigenvalue weighted by Crippen LogP contribution is 2.32. The molecule has 1 atom stereocenters. The van der Waals surface area contributed by atoms with Gasteiger partial charge in [-0.2, -0.15) is 0 Å². The van der Waals surface area contributed by atoms with Crippen LogP contribution in [0.25, 0.3) is 10.2 Å². The van der Waals surface area contributed by atoms with E-state index in [-0.39, 0.29) is 11.2 Å². The van der Waals surface area contributed by atoms with E-state index in [1.54, 1.807) is 23.1 Å². The second-order valence-corrected chi connectivity index (χ2v) is 9.70. The van der Waals surface area contributed by atoms with Crippen LogP contribution in [-0.2, 0) is 17.1 Å². The molecule has 0 radical (unpaired) electrons. The monoisotopic (exact) mass is 419 g/mol. The van der Waals surface area contributed by atoms with Crippen LogP contribution in [0.15, 0.2) is 33.8 Å². The van der Waals surface area contributed by atoms with Gasteiger partial charge in [0.1, 0.15) is 5.82 Å². The number of carbonyl (C=O) groups excluding carboxylic acids is 1. The average molecular weight is 420 g/mol. The number of benzene rings is 1. The highest BCUT2D eigenvalue weighted by Gasteiger charge is 2.25. The summed E-state index contributed by atoms with van der Waals surface area (Å²) in [5.74, 6) is 1.77. The second-order valence-electron chi connectivity index (χ2n) is 6.27. The van der Waals surface area contributed by atoms with Crippen LogP contribution in [0.2, 0.25) is 0 Å². The van der Waals surface area contributed by atoms with E-state index in [1.165, 1.54) is 16.5 Å². The number of para-hydroxylation sites is 1. The molecular weight excluding hydrogens is 398 g/mol. The van der Waals surface area contributed by atoms with Gasteiger partial charge < -0.3 is 9.88 Å². The first kappa shape index (κ1) is 18.8. The molecule has 3 heterocycles. The summed E-state index contributed by atoms with van der Waals surface area (Å²) in [4.78, 5) is 16.9. The molecule has 0 spiro atoms. The minimum Gasteiger partial charge on any atom is -0.355 e. The number of nitrogens with zero attached hydrogens (tertiary/aromatic N) is 4. The number of hydrogen-bond donors (Lipinski definition) is 1. The second kappa shape index (κ2) is 8.62. The summed E-state index contributed by atoms with van der Waals surface area (Å²) in [5, 5.41) is 12.5. The van der Waals surface area contributed by atoms with Crippen molar-refractivity contribution >= 4 is 51.0 Å². The van der Waals surface area contributed by atoms with Crippen LogP contribution >= 0.6 is 34.9 Å². The Morgan fingerprint density at radius 3 is 3.04 bits per heavy atom. The maximum atomic E-state index is 12.2. The van der Waals surface area contributed by atoms with Gasteiger partial charge in [-0.1, -0.05) is 42.1 Å². The molecule has 3 aromatic rings. The van der Waals surface area contributed by atoms with Gasteiger partial charge in [-0.05, 0) is 31.9 Å². The Labute approximate surface area is 170 Å². The fourth-order valence-corrected chi connectivity index (χ4v) is 6.21. The molecule has 9 heteroatoms. The van der Waals surface area contributed by atoms with E-state index in [4.69, 9.17) is 0 Å². The number of fused-ring (bicyclic) bond motifs is 1. The van der Waals surface area contributed by atoms with Crippen LogP contribution in [0.5, 0.6) is 0 Å². The highest BCUT2D eigenvalue weighted by atomic mass is 32.2. The summed E-state index contributed by atoms with van der Waals surface area (Å²) < 4.78 is 4.36. The quantitative estimate of drug-likeness (QED) is 0.610. The number of hydrogen-bond acceptors (Lipinski definition) is 7. The molecule has 27 heavy (non-hydrogen) atoms. The van der Waals surface area contributed by atoms with Crippen molar-refractivity contribution in [3.63, 3.8) is 0 Å². The number of thiazole rings is 1. The predicted octanol–water partition coefficient (Wildman–Crippen LogP) is 3.96. The zero-order valence-corrected chi connectivity index (χ0v) is 17.5. The smallest absolute Gasteiger partial charge is 0.233 e. The Morgan fingerprint density at radius 1 is 1.30 bits per heavy atom. The van der Waals surface area contributed by atoms with Gasteiger partial charge in [0.05, 0.1) is 21.2 Å². The topological polar surface area (TPSA) is 72.7 Å². The number of aromatic nitrogens is 4. The van der Waals surface area contributed by atoms with E-state index in [1.807, 2.05) is 18.2 Å². The predicted molar refractivity (Wildman–Crippen MR) is 111 cm³/mol. The van der Waals surface area contributed by atoms with Crippen molar-refractivity contribution in [2.75, 3.05) is 6.54 Å². The van der Waals surface area contributed by atoms with Gasteiger partial charge in [0.2, 0.25) is 5.91 Å². The molecule has 2 aromatic heterocycles. The van der Waals surface area contributed by atoms with E-state index in [2.05, 4.69) is 38.1 Å². The Balaban J connectivity index is 1.46. The van der Waals surface area contributed by atoms with Gasteiger partial charge in [0.15, 0.2) is 9.50 Å². The van der Waals surface area contributed by atoms with Gasteiger partial charge in [0.25, 0.3) is 0 Å². The lowest BCUT2D eigenvalue weighted by Crippen LogP contribution is -2.30. The van der Waals surface area contributed by atoms with Crippen LogP contribution in [-0.4, -0.2) is 37.5 Å². The molecule has 6 nitrogen and oxygen atoms in total. The van der Waals surface area contributed by atoms with Crippen LogP contribution in [0.4, 0.5) is 0 Å². The maximum Gasteiger partial charge on any atom is 0.233 e. The first-order valence-corrected chi connectivity index (χ1v) is 11.8. The summed E-state index contributed by atoms with van der Waals surface area (Å²) in [6, 6.07) is 8.18. The highest BCUT2D eigenvalue weighted by molar-refractivity contribution is 8.00. The molecule has 1 fully saturated rings. The van der Waals surface area contributed by atoms with Gasteiger partial charge in [-0.3, -0.25) is 4.79 Å². The lowest BCUT2D eigenvalue weighted by molar-refractivity contribution is -0.120. The molecule has 0 aliphatic carbocycles. The van der Waals surface area contributed by atoms with Gasteiger partial charge >= 0.3 is 0 Å². The summed E-state index contributed by atoms with van der Waals surface area (Å²) >= 11 is 4.93. The normalized spacial score (nSPS) is 17.8. The SMILES string of the molecule is CCn1c(CSc2nc3ccccc3s2)nnc1S[C@H]1CCCCNC1=O. The van der Waals surface area contributed by atoms with Crippen LogP contribution in [0, 0.1) is 0 Å². The van der Waals surface area contributed by atoms with Gasteiger partial charge in [-0.25, -0.2) is 4.98 Å². The molecule has 1 saturated heterocycles. The third-order valence-corrected chi connectivity index (χ3v) is 7.86. The van der Waals surface area contributed by atoms with E-state index in [0.29, 0.717) is 0 Å². The third kappa shape index (κ3) is 4.30. The Hall–Kier alpha value is -1.58. The summed E-state index contributed by atoms with van der Waals surface area (Å²) in [6.45, 7) is 3.66. The molecule has 1 N–H and O–H groups in total. The van der Waals surface area contributed by atoms with Gasteiger partial charge in [0, 0.05) is 13.1 Å². The molecule has 0 bridgehead atoms. The molecule has 4 rings (SSSR count). The number of carbonyl (C=O) groups is 1. The Morgan fingerprint density at radius 2 is 2.19 bits per heavy atom. The van der Waals surface area contributed by atoms with Gasteiger partial charge in [-0.15, -0.1) is 21.5 Å². The van der Waals surface area contributed by atoms with E-state index >= 15 is 0 Å². The van der Waals surface area contributed by atoms with Crippen molar-refractivity contribution in [2.24, 2.45) is 0 Å². The van der Waals surface area contributed by atoms with Crippen LogP contribution < -0.4 is 5.32 Å². The minimum absolute atomic E-state index is 0.0771. The molecule has 1 aliphatic rings. The minimum atomic E-state index is -0.0771. The lowest BCUT2D eigenvalue weighted by Gasteiger charge is -2.13. The fraction of sp³-hybridized carbons (Fsp3) is 0.444. The van der Waals surface area contributed by atoms with E-state index in [0.717, 1.165) is 58.9 Å². The van der Waals surface area contributed by atoms with Crippen LogP contribution in [0.1, 0.15) is 32.0 Å². The molecule has 1 amide bonds. The third-order valence-electron chi connectivity index (χ3n) is 4.44. The zero-order valence-electron chi connectivity index (χ0n) is 15.1. The first-order chi connectivity index (χ1) is 13.2. The number of nitrogens with one attached hydrogen (secondary N) is 1. The first-order valence-electron chi connectivity index (χ1n) is 9.09. The summed E-state index contributed by atoms with van der Waals surface area (Å²) in [7, 11) is 0. The Kier molecular flexibility index (Phi) is 5.99. The van der Waals surface area contributed by atoms with Crippen molar-refractivity contribution in [2.45, 2.75) is 53.2 Å². The average Bonchev–Trinajstić information content (AvgIpc) is 3.21. The molecule has 142 valence electrons. The fourth-order valence-electron chi connectivity index (χ4n) is 3.02. The van der Waals surface area contributed by atoms with Crippen molar-refractivity contribution in [1.82, 2.24) is 25.1 Å². The van der Waals surface area contributed by atoms with Crippen molar-refractivity contribution in [3.05, 3.63) is 30.1 Å². The largest absolute Gasteiger partial charge is 0.355 e. The molecule has 0 saturated carbocycles. The van der Waals surface area contributed by atoms with Crippen molar-refractivity contribution < 1.29 is 4.79 Å².